The molecule has 0 unspecified atom stereocenters. The Hall–Kier alpha value is -1.07. The predicted molar refractivity (Wildman–Crippen MR) is 125 cm³/mol. The minimum absolute atomic E-state index is 0. The Morgan fingerprint density at radius 1 is 1.07 bits per heavy atom. The van der Waals surface area contributed by atoms with Crippen LogP contribution in [0, 0.1) is 0 Å². The molecule has 3 rings (SSSR count). The average molecular weight is 469 g/mol. The number of hydrogen-bond donors (Lipinski definition) is 0. The van der Waals surface area contributed by atoms with Gasteiger partial charge >= 0.3 is 0 Å². The number of unbranched alkanes of at least 4 members (excludes halogenated alkanes) is 1. The van der Waals surface area contributed by atoms with Crippen LogP contribution in [0.1, 0.15) is 26.7 Å². The van der Waals surface area contributed by atoms with Gasteiger partial charge in [0.25, 0.3) is 0 Å². The van der Waals surface area contributed by atoms with E-state index in [1.54, 1.807) is 11.3 Å². The lowest BCUT2D eigenvalue weighted by Gasteiger charge is -2.20. The van der Waals surface area contributed by atoms with Crippen molar-refractivity contribution in [3.05, 3.63) is 52.3 Å². The largest absolute Gasteiger partial charge is 0.494 e. The molecule has 0 aliphatic carbocycles. The molecule has 0 spiro atoms. The van der Waals surface area contributed by atoms with Gasteiger partial charge in [0.1, 0.15) is 5.75 Å². The monoisotopic (exact) mass is 467 g/mol. The molecule has 0 radical (unpaired) electrons. The van der Waals surface area contributed by atoms with Crippen molar-refractivity contribution in [3.63, 3.8) is 0 Å². The van der Waals surface area contributed by atoms with Gasteiger partial charge in [-0.25, -0.2) is 0 Å². The second-order valence-corrected chi connectivity index (χ2v) is 8.77. The third kappa shape index (κ3) is 5.95. The minimum Gasteiger partial charge on any atom is -0.494 e. The topological polar surface area (TPSA) is 12.5 Å². The van der Waals surface area contributed by atoms with Crippen LogP contribution in [-0.2, 0) is 0 Å². The van der Waals surface area contributed by atoms with Crippen molar-refractivity contribution < 1.29 is 4.74 Å². The van der Waals surface area contributed by atoms with E-state index < -0.39 is 0 Å². The summed E-state index contributed by atoms with van der Waals surface area (Å²) in [6, 6.07) is 15.6. The van der Waals surface area contributed by atoms with Crippen molar-refractivity contribution in [2.45, 2.75) is 32.7 Å². The first-order valence-corrected chi connectivity index (χ1v) is 10.8. The molecule has 3 aromatic rings. The summed E-state index contributed by atoms with van der Waals surface area (Å²) < 4.78 is 8.35. The molecule has 0 aliphatic heterocycles. The fourth-order valence-electron chi connectivity index (χ4n) is 2.86. The molecule has 146 valence electrons. The Labute approximate surface area is 181 Å². The van der Waals surface area contributed by atoms with Gasteiger partial charge in [-0.2, -0.15) is 0 Å². The molecule has 0 N–H and O–H groups in total. The normalized spacial score (nSPS) is 11.2. The van der Waals surface area contributed by atoms with E-state index in [4.69, 9.17) is 4.74 Å². The summed E-state index contributed by atoms with van der Waals surface area (Å²) in [5.41, 5.74) is 2.54. The summed E-state index contributed by atoms with van der Waals surface area (Å²) in [6.45, 7) is 6.37. The molecule has 0 fully saturated rings. The van der Waals surface area contributed by atoms with Crippen LogP contribution >= 0.6 is 39.7 Å². The standard InChI is InChI=1S/C22H26BrNOS.ClH/c1-16(2)24(3)12-4-5-13-25-19-10-11-20-21(15-26-22(20)14-19)17-6-8-18(23)9-7-17;/h6-11,14-16H,4-5,12-13H2,1-3H3;1H. The summed E-state index contributed by atoms with van der Waals surface area (Å²) in [5, 5.41) is 3.53. The quantitative estimate of drug-likeness (QED) is 0.323. The van der Waals surface area contributed by atoms with Crippen LogP contribution in [0.15, 0.2) is 52.3 Å². The van der Waals surface area contributed by atoms with Gasteiger partial charge in [-0.05, 0) is 81.6 Å². The maximum Gasteiger partial charge on any atom is 0.120 e. The SMILES string of the molecule is CC(C)N(C)CCCCOc1ccc2c(-c3ccc(Br)cc3)csc2c1.Cl. The van der Waals surface area contributed by atoms with Crippen molar-refractivity contribution in [1.29, 1.82) is 0 Å². The molecular formula is C22H27BrClNOS. The fourth-order valence-corrected chi connectivity index (χ4v) is 4.12. The Bertz CT molecular complexity index is 847. The maximum absolute atomic E-state index is 5.97. The molecule has 0 atom stereocenters. The third-order valence-corrected chi connectivity index (χ3v) is 6.23. The number of ether oxygens (including phenoxy) is 1. The minimum atomic E-state index is 0. The van der Waals surface area contributed by atoms with Crippen LogP contribution in [0.4, 0.5) is 0 Å². The van der Waals surface area contributed by atoms with E-state index in [1.165, 1.54) is 27.6 Å². The first-order valence-electron chi connectivity index (χ1n) is 9.15. The molecule has 5 heteroatoms. The summed E-state index contributed by atoms with van der Waals surface area (Å²) in [7, 11) is 2.18. The lowest BCUT2D eigenvalue weighted by molar-refractivity contribution is 0.249. The molecule has 0 aliphatic rings. The molecule has 1 aromatic heterocycles. The zero-order valence-corrected chi connectivity index (χ0v) is 19.3. The zero-order chi connectivity index (χ0) is 18.5. The maximum atomic E-state index is 5.97. The number of benzene rings is 2. The summed E-state index contributed by atoms with van der Waals surface area (Å²) in [6.07, 6.45) is 2.26. The molecule has 1 heterocycles. The summed E-state index contributed by atoms with van der Waals surface area (Å²) >= 11 is 5.28. The van der Waals surface area contributed by atoms with Gasteiger partial charge in [0.15, 0.2) is 0 Å². The first-order chi connectivity index (χ1) is 12.5. The van der Waals surface area contributed by atoms with Crippen LogP contribution in [0.2, 0.25) is 0 Å². The number of halogens is 2. The van der Waals surface area contributed by atoms with Crippen LogP contribution in [-0.4, -0.2) is 31.1 Å². The number of fused-ring (bicyclic) bond motifs is 1. The molecule has 0 saturated carbocycles. The van der Waals surface area contributed by atoms with Gasteiger partial charge in [0.2, 0.25) is 0 Å². The fraction of sp³-hybridized carbons (Fsp3) is 0.364. The van der Waals surface area contributed by atoms with E-state index in [1.807, 2.05) is 0 Å². The highest BCUT2D eigenvalue weighted by atomic mass is 79.9. The molecule has 0 saturated heterocycles. The molecule has 27 heavy (non-hydrogen) atoms. The number of thiophene rings is 1. The van der Waals surface area contributed by atoms with Crippen molar-refractivity contribution in [2.24, 2.45) is 0 Å². The van der Waals surface area contributed by atoms with Gasteiger partial charge in [0.05, 0.1) is 6.61 Å². The van der Waals surface area contributed by atoms with Gasteiger partial charge in [-0.3, -0.25) is 0 Å². The van der Waals surface area contributed by atoms with Gasteiger partial charge < -0.3 is 9.64 Å². The Morgan fingerprint density at radius 3 is 2.52 bits per heavy atom. The molecule has 0 amide bonds. The van der Waals surface area contributed by atoms with Crippen molar-refractivity contribution in [1.82, 2.24) is 4.90 Å². The summed E-state index contributed by atoms with van der Waals surface area (Å²) in [5.74, 6) is 0.971. The van der Waals surface area contributed by atoms with E-state index in [0.717, 1.165) is 29.8 Å². The van der Waals surface area contributed by atoms with Gasteiger partial charge in [-0.15, -0.1) is 23.7 Å². The van der Waals surface area contributed by atoms with E-state index in [0.29, 0.717) is 6.04 Å². The lowest BCUT2D eigenvalue weighted by atomic mass is 10.1. The molecule has 2 nitrogen and oxygen atoms in total. The molecular weight excluding hydrogens is 442 g/mol. The van der Waals surface area contributed by atoms with E-state index in [9.17, 15) is 0 Å². The summed E-state index contributed by atoms with van der Waals surface area (Å²) in [4.78, 5) is 2.38. The predicted octanol–water partition coefficient (Wildman–Crippen LogP) is 7.25. The number of hydrogen-bond acceptors (Lipinski definition) is 3. The highest BCUT2D eigenvalue weighted by Gasteiger charge is 2.08. The second kappa shape index (κ2) is 10.5. The Balaban J connectivity index is 0.00000261. The number of nitrogens with zero attached hydrogens (tertiary/aromatic N) is 1. The zero-order valence-electron chi connectivity index (χ0n) is 16.1. The van der Waals surface area contributed by atoms with Crippen LogP contribution < -0.4 is 4.74 Å². The van der Waals surface area contributed by atoms with E-state index in [2.05, 4.69) is 89.6 Å². The third-order valence-electron chi connectivity index (χ3n) is 4.76. The van der Waals surface area contributed by atoms with Crippen molar-refractivity contribution in [3.8, 4) is 16.9 Å². The van der Waals surface area contributed by atoms with Gasteiger partial charge in [-0.1, -0.05) is 28.1 Å². The van der Waals surface area contributed by atoms with Gasteiger partial charge in [0, 0.05) is 26.2 Å². The highest BCUT2D eigenvalue weighted by Crippen LogP contribution is 2.36. The second-order valence-electron chi connectivity index (χ2n) is 6.94. The Morgan fingerprint density at radius 2 is 1.81 bits per heavy atom. The van der Waals surface area contributed by atoms with E-state index in [-0.39, 0.29) is 12.4 Å². The molecule has 2 aromatic carbocycles. The van der Waals surface area contributed by atoms with E-state index >= 15 is 0 Å². The van der Waals surface area contributed by atoms with Crippen molar-refractivity contribution in [2.75, 3.05) is 20.2 Å². The number of rotatable bonds is 8. The lowest BCUT2D eigenvalue weighted by Crippen LogP contribution is -2.27. The Kier molecular flexibility index (Phi) is 8.62. The van der Waals surface area contributed by atoms with Crippen molar-refractivity contribution >= 4 is 49.8 Å². The highest BCUT2D eigenvalue weighted by molar-refractivity contribution is 9.10. The molecule has 0 bridgehead atoms. The van der Waals surface area contributed by atoms with Crippen LogP contribution in [0.3, 0.4) is 0 Å². The smallest absolute Gasteiger partial charge is 0.120 e. The first kappa shape index (κ1) is 22.2. The van der Waals surface area contributed by atoms with Crippen LogP contribution in [0.5, 0.6) is 5.75 Å². The average Bonchev–Trinajstić information content (AvgIpc) is 3.05. The van der Waals surface area contributed by atoms with Crippen LogP contribution in [0.25, 0.3) is 21.2 Å².